The van der Waals surface area contributed by atoms with E-state index in [1.807, 2.05) is 0 Å². The van der Waals surface area contributed by atoms with Crippen LogP contribution in [-0.2, 0) is 4.79 Å². The Morgan fingerprint density at radius 2 is 2.18 bits per heavy atom. The van der Waals surface area contributed by atoms with Gasteiger partial charge in [-0.25, -0.2) is 0 Å². The second-order valence-corrected chi connectivity index (χ2v) is 6.12. The summed E-state index contributed by atoms with van der Waals surface area (Å²) in [4.78, 5) is 14.5. The summed E-state index contributed by atoms with van der Waals surface area (Å²) in [6, 6.07) is 0.593. The van der Waals surface area contributed by atoms with Crippen LogP contribution in [0.1, 0.15) is 53.4 Å². The number of carbonyl (C=O) groups is 1. The van der Waals surface area contributed by atoms with E-state index in [1.54, 1.807) is 0 Å². The highest BCUT2D eigenvalue weighted by Crippen LogP contribution is 2.41. The van der Waals surface area contributed by atoms with Crippen LogP contribution >= 0.6 is 0 Å². The lowest BCUT2D eigenvalue weighted by molar-refractivity contribution is -0.130. The van der Waals surface area contributed by atoms with Crippen molar-refractivity contribution in [2.24, 2.45) is 11.8 Å². The van der Waals surface area contributed by atoms with Crippen molar-refractivity contribution in [3.05, 3.63) is 0 Å². The molecule has 3 heteroatoms. The molecule has 1 aliphatic carbocycles. The first-order chi connectivity index (χ1) is 8.04. The minimum absolute atomic E-state index is 0.0628. The molecule has 0 aromatic rings. The molecule has 1 N–H and O–H groups in total. The molecule has 4 atom stereocenters. The first-order valence-corrected chi connectivity index (χ1v) is 7.12. The normalized spacial score (nSPS) is 37.0. The van der Waals surface area contributed by atoms with Crippen molar-refractivity contribution in [3.63, 3.8) is 0 Å². The summed E-state index contributed by atoms with van der Waals surface area (Å²) < 4.78 is 0. The summed E-state index contributed by atoms with van der Waals surface area (Å²) in [5, 5.41) is 3.45. The molecule has 2 aliphatic rings. The van der Waals surface area contributed by atoms with Crippen LogP contribution in [-0.4, -0.2) is 29.1 Å². The fraction of sp³-hybridized carbons (Fsp3) is 0.929. The number of amides is 1. The van der Waals surface area contributed by atoms with Gasteiger partial charge < -0.3 is 4.90 Å². The second kappa shape index (κ2) is 4.97. The first kappa shape index (κ1) is 12.9. The summed E-state index contributed by atoms with van der Waals surface area (Å²) in [7, 11) is 0. The summed E-state index contributed by atoms with van der Waals surface area (Å²) in [5.41, 5.74) is 0. The zero-order valence-electron chi connectivity index (χ0n) is 11.6. The maximum atomic E-state index is 12.3. The predicted molar refractivity (Wildman–Crippen MR) is 69.5 cm³/mol. The minimum atomic E-state index is 0.0628. The smallest absolute Gasteiger partial charge is 0.241 e. The zero-order chi connectivity index (χ0) is 12.6. The van der Waals surface area contributed by atoms with Crippen LogP contribution < -0.4 is 5.32 Å². The summed E-state index contributed by atoms with van der Waals surface area (Å²) in [6.07, 6.45) is 4.93. The van der Waals surface area contributed by atoms with E-state index in [0.717, 1.165) is 12.3 Å². The summed E-state index contributed by atoms with van der Waals surface area (Å²) >= 11 is 0. The monoisotopic (exact) mass is 238 g/mol. The van der Waals surface area contributed by atoms with Gasteiger partial charge in [0.1, 0.15) is 0 Å². The number of nitrogens with one attached hydrogen (secondary N) is 1. The molecule has 0 aromatic carbocycles. The maximum Gasteiger partial charge on any atom is 0.241 e. The molecule has 3 nitrogen and oxygen atoms in total. The van der Waals surface area contributed by atoms with Crippen molar-refractivity contribution < 1.29 is 4.79 Å². The molecule has 98 valence electrons. The zero-order valence-corrected chi connectivity index (χ0v) is 11.6. The van der Waals surface area contributed by atoms with Gasteiger partial charge in [0.05, 0.1) is 12.2 Å². The molecule has 17 heavy (non-hydrogen) atoms. The Morgan fingerprint density at radius 1 is 1.47 bits per heavy atom. The third-order valence-corrected chi connectivity index (χ3v) is 4.02. The Balaban J connectivity index is 1.93. The molecule has 1 heterocycles. The standard InChI is InChI=1S/C14H26N2O/c1-5-6-11-8-13(11)16-10(4)15-12(14(16)17)7-9(2)3/h9-13,15H,5-8H2,1-4H3. The largest absolute Gasteiger partial charge is 0.323 e. The second-order valence-electron chi connectivity index (χ2n) is 6.12. The van der Waals surface area contributed by atoms with Gasteiger partial charge in [-0.3, -0.25) is 10.1 Å². The van der Waals surface area contributed by atoms with E-state index in [9.17, 15) is 4.79 Å². The fourth-order valence-corrected chi connectivity index (χ4v) is 3.16. The highest BCUT2D eigenvalue weighted by atomic mass is 16.2. The summed E-state index contributed by atoms with van der Waals surface area (Å²) in [5.74, 6) is 1.69. The lowest BCUT2D eigenvalue weighted by Gasteiger charge is -2.21. The van der Waals surface area contributed by atoms with Gasteiger partial charge in [0, 0.05) is 6.04 Å². The molecule has 1 saturated heterocycles. The Bertz CT molecular complexity index is 290. The Kier molecular flexibility index (Phi) is 3.76. The Hall–Kier alpha value is -0.570. The Labute approximate surface area is 105 Å². The molecule has 0 radical (unpaired) electrons. The van der Waals surface area contributed by atoms with E-state index >= 15 is 0 Å². The summed E-state index contributed by atoms with van der Waals surface area (Å²) in [6.45, 7) is 8.71. The minimum Gasteiger partial charge on any atom is -0.323 e. The van der Waals surface area contributed by atoms with Crippen LogP contribution in [0.3, 0.4) is 0 Å². The van der Waals surface area contributed by atoms with Gasteiger partial charge in [-0.2, -0.15) is 0 Å². The van der Waals surface area contributed by atoms with Crippen molar-refractivity contribution >= 4 is 5.91 Å². The molecule has 0 bridgehead atoms. The van der Waals surface area contributed by atoms with Crippen LogP contribution in [0.5, 0.6) is 0 Å². The molecule has 0 spiro atoms. The molecular weight excluding hydrogens is 212 g/mol. The molecule has 4 unspecified atom stereocenters. The van der Waals surface area contributed by atoms with Gasteiger partial charge in [0.25, 0.3) is 0 Å². The highest BCUT2D eigenvalue weighted by Gasteiger charge is 2.49. The van der Waals surface area contributed by atoms with Crippen molar-refractivity contribution in [1.29, 1.82) is 0 Å². The van der Waals surface area contributed by atoms with Gasteiger partial charge in [-0.1, -0.05) is 27.2 Å². The number of hydrogen-bond donors (Lipinski definition) is 1. The van der Waals surface area contributed by atoms with Gasteiger partial charge in [-0.15, -0.1) is 0 Å². The molecule has 1 amide bonds. The number of carbonyl (C=O) groups excluding carboxylic acids is 1. The van der Waals surface area contributed by atoms with Crippen LogP contribution in [0.2, 0.25) is 0 Å². The van der Waals surface area contributed by atoms with Crippen molar-refractivity contribution in [1.82, 2.24) is 10.2 Å². The fourth-order valence-electron chi connectivity index (χ4n) is 3.16. The SMILES string of the molecule is CCCC1CC1N1C(=O)C(CC(C)C)NC1C. The van der Waals surface area contributed by atoms with Gasteiger partial charge in [0.2, 0.25) is 5.91 Å². The van der Waals surface area contributed by atoms with Gasteiger partial charge in [-0.05, 0) is 38.0 Å². The average molecular weight is 238 g/mol. The molecule has 1 saturated carbocycles. The van der Waals surface area contributed by atoms with E-state index in [2.05, 4.69) is 37.9 Å². The molecular formula is C14H26N2O. The number of rotatable bonds is 5. The first-order valence-electron chi connectivity index (χ1n) is 7.12. The van der Waals surface area contributed by atoms with E-state index in [4.69, 9.17) is 0 Å². The van der Waals surface area contributed by atoms with E-state index in [1.165, 1.54) is 19.3 Å². The average Bonchev–Trinajstić information content (AvgIpc) is 2.90. The Morgan fingerprint density at radius 3 is 2.76 bits per heavy atom. The third-order valence-electron chi connectivity index (χ3n) is 4.02. The maximum absolute atomic E-state index is 12.3. The third kappa shape index (κ3) is 2.65. The molecule has 2 fully saturated rings. The number of nitrogens with zero attached hydrogens (tertiary/aromatic N) is 1. The van der Waals surface area contributed by atoms with Crippen LogP contribution in [0.15, 0.2) is 0 Å². The van der Waals surface area contributed by atoms with Crippen LogP contribution in [0.4, 0.5) is 0 Å². The van der Waals surface area contributed by atoms with Gasteiger partial charge >= 0.3 is 0 Å². The predicted octanol–water partition coefficient (Wildman–Crippen LogP) is 2.37. The van der Waals surface area contributed by atoms with E-state index in [-0.39, 0.29) is 12.2 Å². The molecule has 1 aliphatic heterocycles. The topological polar surface area (TPSA) is 32.3 Å². The quantitative estimate of drug-likeness (QED) is 0.797. The van der Waals surface area contributed by atoms with E-state index < -0.39 is 0 Å². The number of hydrogen-bond acceptors (Lipinski definition) is 2. The van der Waals surface area contributed by atoms with Crippen molar-refractivity contribution in [2.75, 3.05) is 0 Å². The van der Waals surface area contributed by atoms with E-state index in [0.29, 0.717) is 17.9 Å². The lowest BCUT2D eigenvalue weighted by Crippen LogP contribution is -2.37. The van der Waals surface area contributed by atoms with Crippen molar-refractivity contribution in [2.45, 2.75) is 71.6 Å². The van der Waals surface area contributed by atoms with Crippen molar-refractivity contribution in [3.8, 4) is 0 Å². The lowest BCUT2D eigenvalue weighted by atomic mass is 10.0. The van der Waals surface area contributed by atoms with Gasteiger partial charge in [0.15, 0.2) is 0 Å². The van der Waals surface area contributed by atoms with Crippen LogP contribution in [0, 0.1) is 11.8 Å². The highest BCUT2D eigenvalue weighted by molar-refractivity contribution is 5.85. The molecule has 0 aromatic heterocycles. The molecule has 2 rings (SSSR count). The van der Waals surface area contributed by atoms with Crippen LogP contribution in [0.25, 0.3) is 0 Å².